The molecule has 0 spiro atoms. The van der Waals surface area contributed by atoms with Crippen LogP contribution in [0.4, 0.5) is 5.69 Å². The van der Waals surface area contributed by atoms with E-state index in [0.717, 1.165) is 0 Å². The highest BCUT2D eigenvalue weighted by Gasteiger charge is 2.22. The summed E-state index contributed by atoms with van der Waals surface area (Å²) in [5.74, 6) is -0.157. The molecular formula is C18H17Cl2N3O3S. The fourth-order valence-corrected chi connectivity index (χ4v) is 3.71. The minimum Gasteiger partial charge on any atom is -0.458 e. The first kappa shape index (κ1) is 19.8. The van der Waals surface area contributed by atoms with E-state index < -0.39 is 12.2 Å². The van der Waals surface area contributed by atoms with Crippen molar-refractivity contribution in [2.45, 2.75) is 33.0 Å². The van der Waals surface area contributed by atoms with Crippen LogP contribution in [0, 0.1) is 0 Å². The summed E-state index contributed by atoms with van der Waals surface area (Å²) in [7, 11) is 0. The number of ether oxygens (including phenoxy) is 1. The Bertz CT molecular complexity index is 1040. The molecule has 0 saturated carbocycles. The number of nitrogen functional groups attached to an aromatic ring is 1. The number of rotatable bonds is 5. The van der Waals surface area contributed by atoms with Gasteiger partial charge >= 0.3 is 6.01 Å². The third-order valence-electron chi connectivity index (χ3n) is 4.05. The Hall–Kier alpha value is -1.93. The Balaban J connectivity index is 2.27. The minimum absolute atomic E-state index is 0.0772. The van der Waals surface area contributed by atoms with Crippen LogP contribution in [0.2, 0.25) is 10.0 Å². The van der Waals surface area contributed by atoms with Gasteiger partial charge in [0.1, 0.15) is 10.9 Å². The van der Waals surface area contributed by atoms with Crippen LogP contribution in [0.5, 0.6) is 6.01 Å². The predicted octanol–water partition coefficient (Wildman–Crippen LogP) is 4.60. The van der Waals surface area contributed by atoms with Gasteiger partial charge < -0.3 is 15.6 Å². The maximum absolute atomic E-state index is 11.9. The molecule has 9 heteroatoms. The van der Waals surface area contributed by atoms with Crippen LogP contribution in [0.1, 0.15) is 30.4 Å². The van der Waals surface area contributed by atoms with Crippen LogP contribution in [0.25, 0.3) is 21.5 Å². The lowest BCUT2D eigenvalue weighted by Gasteiger charge is -2.16. The van der Waals surface area contributed by atoms with E-state index in [0.29, 0.717) is 42.1 Å². The van der Waals surface area contributed by atoms with Crippen molar-refractivity contribution in [1.29, 1.82) is 0 Å². The summed E-state index contributed by atoms with van der Waals surface area (Å²) in [5.41, 5.74) is 7.67. The van der Waals surface area contributed by atoms with Crippen molar-refractivity contribution in [3.05, 3.63) is 33.1 Å². The Morgan fingerprint density at radius 1 is 1.26 bits per heavy atom. The average molecular weight is 426 g/mol. The number of carbonyl (C=O) groups is 1. The standard InChI is InChI=1S/C18H17Cl2N3O3S/c1-7(24)9(3)26-18-22-15(10-4-5-11(19)12(20)6-10)13-14(21)16(8(2)25)27-17(13)23-18/h4-7,9,24H,21H2,1-3H3/t7-,9-/m0/s1. The Morgan fingerprint density at radius 2 is 1.96 bits per heavy atom. The molecule has 3 N–H and O–H groups in total. The van der Waals surface area contributed by atoms with Gasteiger partial charge in [0.25, 0.3) is 0 Å². The van der Waals surface area contributed by atoms with Crippen molar-refractivity contribution < 1.29 is 14.6 Å². The quantitative estimate of drug-likeness (QED) is 0.579. The highest BCUT2D eigenvalue weighted by atomic mass is 35.5. The van der Waals surface area contributed by atoms with E-state index in [-0.39, 0.29) is 11.8 Å². The lowest BCUT2D eigenvalue weighted by atomic mass is 10.1. The number of benzene rings is 1. The van der Waals surface area contributed by atoms with E-state index in [4.69, 9.17) is 33.7 Å². The van der Waals surface area contributed by atoms with E-state index in [2.05, 4.69) is 9.97 Å². The van der Waals surface area contributed by atoms with Crippen molar-refractivity contribution in [2.24, 2.45) is 0 Å². The first-order valence-electron chi connectivity index (χ1n) is 8.10. The van der Waals surface area contributed by atoms with Gasteiger partial charge in [-0.3, -0.25) is 4.79 Å². The Kier molecular flexibility index (Phi) is 5.58. The Morgan fingerprint density at radius 3 is 2.56 bits per heavy atom. The molecule has 0 aliphatic carbocycles. The van der Waals surface area contributed by atoms with Crippen molar-refractivity contribution in [3.8, 4) is 17.3 Å². The largest absolute Gasteiger partial charge is 0.458 e. The number of nitrogens with two attached hydrogens (primary N) is 1. The summed E-state index contributed by atoms with van der Waals surface area (Å²) in [6, 6.07) is 5.15. The van der Waals surface area contributed by atoms with Crippen LogP contribution < -0.4 is 10.5 Å². The van der Waals surface area contributed by atoms with Gasteiger partial charge in [0, 0.05) is 12.5 Å². The minimum atomic E-state index is -0.709. The van der Waals surface area contributed by atoms with Crippen LogP contribution in [-0.4, -0.2) is 33.1 Å². The van der Waals surface area contributed by atoms with Gasteiger partial charge in [-0.2, -0.15) is 9.97 Å². The Labute approximate surface area is 169 Å². The van der Waals surface area contributed by atoms with Crippen LogP contribution in [0.3, 0.4) is 0 Å². The van der Waals surface area contributed by atoms with Crippen molar-refractivity contribution in [2.75, 3.05) is 5.73 Å². The zero-order chi connectivity index (χ0) is 19.9. The molecule has 1 aromatic carbocycles. The lowest BCUT2D eigenvalue weighted by molar-refractivity contribution is 0.0545. The maximum Gasteiger partial charge on any atom is 0.318 e. The van der Waals surface area contributed by atoms with Gasteiger partial charge in [0.2, 0.25) is 0 Å². The van der Waals surface area contributed by atoms with E-state index >= 15 is 0 Å². The first-order valence-corrected chi connectivity index (χ1v) is 9.67. The molecule has 6 nitrogen and oxygen atoms in total. The zero-order valence-electron chi connectivity index (χ0n) is 14.8. The summed E-state index contributed by atoms with van der Waals surface area (Å²) in [6.07, 6.45) is -1.23. The maximum atomic E-state index is 11.9. The van der Waals surface area contributed by atoms with Crippen LogP contribution >= 0.6 is 34.5 Å². The van der Waals surface area contributed by atoms with Gasteiger partial charge in [-0.15, -0.1) is 11.3 Å². The summed E-state index contributed by atoms with van der Waals surface area (Å²) in [4.78, 5) is 21.7. The van der Waals surface area contributed by atoms with E-state index in [1.54, 1.807) is 32.0 Å². The predicted molar refractivity (Wildman–Crippen MR) is 109 cm³/mol. The SMILES string of the molecule is CC(=O)c1sc2nc(O[C@@H](C)[C@H](C)O)nc(-c3ccc(Cl)c(Cl)c3)c2c1N. The van der Waals surface area contributed by atoms with E-state index in [1.165, 1.54) is 18.3 Å². The molecule has 2 atom stereocenters. The number of aromatic nitrogens is 2. The number of Topliss-reactive ketones (excluding diaryl/α,β-unsaturated/α-hetero) is 1. The normalized spacial score (nSPS) is 13.6. The number of ketones is 1. The molecule has 0 saturated heterocycles. The summed E-state index contributed by atoms with van der Waals surface area (Å²) >= 11 is 13.3. The van der Waals surface area contributed by atoms with E-state index in [1.807, 2.05) is 0 Å². The monoisotopic (exact) mass is 425 g/mol. The number of hydrogen-bond donors (Lipinski definition) is 2. The highest BCUT2D eigenvalue weighted by molar-refractivity contribution is 7.21. The third-order valence-corrected chi connectivity index (χ3v) is 5.99. The molecule has 2 heterocycles. The van der Waals surface area contributed by atoms with Gasteiger partial charge in [-0.25, -0.2) is 0 Å². The third kappa shape index (κ3) is 3.87. The number of aliphatic hydroxyl groups excluding tert-OH is 1. The number of fused-ring (bicyclic) bond motifs is 1. The number of aliphatic hydroxyl groups is 1. The topological polar surface area (TPSA) is 98.3 Å². The summed E-state index contributed by atoms with van der Waals surface area (Å²) < 4.78 is 5.66. The fourth-order valence-electron chi connectivity index (χ4n) is 2.43. The number of anilines is 1. The first-order chi connectivity index (χ1) is 12.7. The number of thiophene rings is 1. The number of carbonyl (C=O) groups excluding carboxylic acids is 1. The highest BCUT2D eigenvalue weighted by Crippen LogP contribution is 2.40. The molecule has 142 valence electrons. The molecule has 3 rings (SSSR count). The van der Waals surface area contributed by atoms with Gasteiger partial charge in [0.05, 0.1) is 37.8 Å². The van der Waals surface area contributed by atoms with Crippen molar-refractivity contribution in [1.82, 2.24) is 9.97 Å². The number of nitrogens with zero attached hydrogens (tertiary/aromatic N) is 2. The second kappa shape index (κ2) is 7.59. The van der Waals surface area contributed by atoms with Crippen LogP contribution in [-0.2, 0) is 0 Å². The molecule has 0 unspecified atom stereocenters. The smallest absolute Gasteiger partial charge is 0.318 e. The molecule has 0 fully saturated rings. The summed E-state index contributed by atoms with van der Waals surface area (Å²) in [5, 5.41) is 11.0. The molecule has 2 aromatic heterocycles. The molecule has 0 bridgehead atoms. The number of halogens is 2. The van der Waals surface area contributed by atoms with Gasteiger partial charge in [-0.05, 0) is 26.0 Å². The molecule has 0 radical (unpaired) electrons. The lowest BCUT2D eigenvalue weighted by Crippen LogP contribution is -2.26. The van der Waals surface area contributed by atoms with Crippen molar-refractivity contribution in [3.63, 3.8) is 0 Å². The van der Waals surface area contributed by atoms with Gasteiger partial charge in [-0.1, -0.05) is 29.3 Å². The second-order valence-electron chi connectivity index (χ2n) is 6.13. The summed E-state index contributed by atoms with van der Waals surface area (Å²) in [6.45, 7) is 4.77. The average Bonchev–Trinajstić information content (AvgIpc) is 2.93. The second-order valence-corrected chi connectivity index (χ2v) is 7.94. The van der Waals surface area contributed by atoms with Gasteiger partial charge in [0.15, 0.2) is 5.78 Å². The van der Waals surface area contributed by atoms with Crippen LogP contribution in [0.15, 0.2) is 18.2 Å². The fraction of sp³-hybridized carbons (Fsp3) is 0.278. The van der Waals surface area contributed by atoms with Crippen molar-refractivity contribution >= 4 is 56.2 Å². The molecule has 27 heavy (non-hydrogen) atoms. The molecule has 0 aliphatic heterocycles. The molecule has 0 aliphatic rings. The zero-order valence-corrected chi connectivity index (χ0v) is 17.1. The number of hydrogen-bond acceptors (Lipinski definition) is 7. The molecule has 0 amide bonds. The molecular weight excluding hydrogens is 409 g/mol. The molecule has 3 aromatic rings. The van der Waals surface area contributed by atoms with E-state index in [9.17, 15) is 9.90 Å².